The number of piperazine rings is 1. The second kappa shape index (κ2) is 9.77. The normalized spacial score (nSPS) is 19.2. The molecular formula is C24H25ClF3N5O2S. The summed E-state index contributed by atoms with van der Waals surface area (Å²) in [6, 6.07) is 9.97. The Labute approximate surface area is 212 Å². The minimum atomic E-state index is -4.49. The van der Waals surface area contributed by atoms with E-state index in [4.69, 9.17) is 11.6 Å². The molecule has 192 valence electrons. The van der Waals surface area contributed by atoms with Crippen LogP contribution in [0.5, 0.6) is 0 Å². The summed E-state index contributed by atoms with van der Waals surface area (Å²) >= 11 is 6.11. The molecule has 0 spiro atoms. The first kappa shape index (κ1) is 25.2. The Morgan fingerprint density at radius 1 is 0.944 bits per heavy atom. The number of hydrogen-bond donors (Lipinski definition) is 0. The van der Waals surface area contributed by atoms with Crippen LogP contribution in [0.3, 0.4) is 0 Å². The lowest BCUT2D eigenvalue weighted by molar-refractivity contribution is -0.137. The van der Waals surface area contributed by atoms with Gasteiger partial charge in [-0.2, -0.15) is 17.5 Å². The topological polar surface area (TPSA) is 69.6 Å². The Bertz CT molecular complexity index is 1350. The molecule has 0 atom stereocenters. The molecule has 2 aliphatic heterocycles. The van der Waals surface area contributed by atoms with E-state index in [1.165, 1.54) is 4.31 Å². The lowest BCUT2D eigenvalue weighted by Gasteiger charge is -2.42. The monoisotopic (exact) mass is 539 g/mol. The first-order valence-corrected chi connectivity index (χ1v) is 13.5. The number of hydrogen-bond acceptors (Lipinski definition) is 6. The molecule has 4 heterocycles. The van der Waals surface area contributed by atoms with Gasteiger partial charge < -0.3 is 4.90 Å². The third-order valence-electron chi connectivity index (χ3n) is 6.92. The van der Waals surface area contributed by atoms with Crippen LogP contribution in [-0.2, 0) is 16.2 Å². The number of fused-ring (bicyclic) bond motifs is 1. The Kier molecular flexibility index (Phi) is 6.84. The summed E-state index contributed by atoms with van der Waals surface area (Å²) in [5, 5.41) is 0.772. The highest BCUT2D eigenvalue weighted by Gasteiger charge is 2.35. The SMILES string of the molecule is O=S(=O)(c1cccc2cccnc12)N1CCC(N2CCN(c3ncc(C(F)(F)F)cc3Cl)CC2)CC1. The molecule has 3 aromatic rings. The van der Waals surface area contributed by atoms with E-state index in [2.05, 4.69) is 14.9 Å². The summed E-state index contributed by atoms with van der Waals surface area (Å²) in [6.07, 6.45) is -0.663. The summed E-state index contributed by atoms with van der Waals surface area (Å²) in [5.74, 6) is 0.355. The number of para-hydroxylation sites is 1. The predicted octanol–water partition coefficient (Wildman–Crippen LogP) is 4.28. The molecule has 0 saturated carbocycles. The molecule has 7 nitrogen and oxygen atoms in total. The van der Waals surface area contributed by atoms with Crippen LogP contribution in [0.4, 0.5) is 19.0 Å². The van der Waals surface area contributed by atoms with Crippen molar-refractivity contribution >= 4 is 38.3 Å². The van der Waals surface area contributed by atoms with E-state index >= 15 is 0 Å². The Hall–Kier alpha value is -2.47. The first-order valence-electron chi connectivity index (χ1n) is 11.7. The van der Waals surface area contributed by atoms with Gasteiger partial charge in [-0.25, -0.2) is 13.4 Å². The van der Waals surface area contributed by atoms with Crippen molar-refractivity contribution in [3.05, 3.63) is 59.4 Å². The highest BCUT2D eigenvalue weighted by atomic mass is 35.5. The van der Waals surface area contributed by atoms with Crippen molar-refractivity contribution < 1.29 is 21.6 Å². The number of rotatable bonds is 4. The standard InChI is InChI=1S/C24H25ClF3N5O2S/c25-20-15-18(24(26,27)28)16-30-23(20)32-13-11-31(12-14-32)19-6-9-33(10-7-19)36(34,35)21-5-1-3-17-4-2-8-29-22(17)21/h1-5,8,15-16,19H,6-7,9-14H2. The van der Waals surface area contributed by atoms with Gasteiger partial charge in [0.15, 0.2) is 0 Å². The van der Waals surface area contributed by atoms with Crippen LogP contribution < -0.4 is 4.90 Å². The smallest absolute Gasteiger partial charge is 0.353 e. The second-order valence-corrected chi connectivity index (χ2v) is 11.3. The quantitative estimate of drug-likeness (QED) is 0.493. The van der Waals surface area contributed by atoms with Gasteiger partial charge in [-0.1, -0.05) is 29.8 Å². The number of sulfonamides is 1. The van der Waals surface area contributed by atoms with Crippen LogP contribution >= 0.6 is 11.6 Å². The summed E-state index contributed by atoms with van der Waals surface area (Å²) < 4.78 is 67.0. The summed E-state index contributed by atoms with van der Waals surface area (Å²) in [6.45, 7) is 3.40. The molecule has 5 rings (SSSR count). The van der Waals surface area contributed by atoms with Crippen LogP contribution in [0.1, 0.15) is 18.4 Å². The van der Waals surface area contributed by atoms with Crippen molar-refractivity contribution in [3.8, 4) is 0 Å². The molecule has 0 bridgehead atoms. The predicted molar refractivity (Wildman–Crippen MR) is 132 cm³/mol. The van der Waals surface area contributed by atoms with Gasteiger partial charge in [0.25, 0.3) is 0 Å². The maximum atomic E-state index is 13.4. The fourth-order valence-corrected chi connectivity index (χ4v) is 6.91. The van der Waals surface area contributed by atoms with E-state index in [1.54, 1.807) is 24.4 Å². The van der Waals surface area contributed by atoms with Gasteiger partial charge in [-0.3, -0.25) is 9.88 Å². The summed E-state index contributed by atoms with van der Waals surface area (Å²) in [7, 11) is -3.67. The fraction of sp³-hybridized carbons (Fsp3) is 0.417. The second-order valence-electron chi connectivity index (χ2n) is 9.02. The van der Waals surface area contributed by atoms with Gasteiger partial charge in [-0.05, 0) is 31.0 Å². The average molecular weight is 540 g/mol. The zero-order valence-corrected chi connectivity index (χ0v) is 20.9. The molecule has 1 aromatic carbocycles. The third-order valence-corrected chi connectivity index (χ3v) is 9.12. The molecule has 36 heavy (non-hydrogen) atoms. The maximum Gasteiger partial charge on any atom is 0.417 e. The molecule has 0 radical (unpaired) electrons. The van der Waals surface area contributed by atoms with Gasteiger partial charge in [0.05, 0.1) is 16.1 Å². The minimum Gasteiger partial charge on any atom is -0.353 e. The molecule has 0 unspecified atom stereocenters. The number of halogens is 4. The number of benzene rings is 1. The maximum absolute atomic E-state index is 13.4. The van der Waals surface area contributed by atoms with Crippen molar-refractivity contribution in [2.24, 2.45) is 0 Å². The lowest BCUT2D eigenvalue weighted by atomic mass is 10.0. The molecular weight excluding hydrogens is 515 g/mol. The summed E-state index contributed by atoms with van der Waals surface area (Å²) in [4.78, 5) is 12.7. The van der Waals surface area contributed by atoms with Crippen LogP contribution in [0, 0.1) is 0 Å². The summed E-state index contributed by atoms with van der Waals surface area (Å²) in [5.41, 5.74) is -0.385. The number of nitrogens with zero attached hydrogens (tertiary/aromatic N) is 5. The number of alkyl halides is 3. The van der Waals surface area contributed by atoms with Crippen molar-refractivity contribution in [3.63, 3.8) is 0 Å². The molecule has 2 aromatic heterocycles. The van der Waals surface area contributed by atoms with Crippen LogP contribution in [0.2, 0.25) is 5.02 Å². The minimum absolute atomic E-state index is 0.0142. The van der Waals surface area contributed by atoms with Crippen molar-refractivity contribution in [1.82, 2.24) is 19.2 Å². The highest BCUT2D eigenvalue weighted by molar-refractivity contribution is 7.89. The number of anilines is 1. The van der Waals surface area contributed by atoms with Gasteiger partial charge in [0.2, 0.25) is 10.0 Å². The molecule has 2 saturated heterocycles. The van der Waals surface area contributed by atoms with E-state index < -0.39 is 21.8 Å². The lowest BCUT2D eigenvalue weighted by Crippen LogP contribution is -2.54. The Morgan fingerprint density at radius 3 is 2.31 bits per heavy atom. The molecule has 0 N–H and O–H groups in total. The molecule has 2 fully saturated rings. The fourth-order valence-electron chi connectivity index (χ4n) is 4.99. The van der Waals surface area contributed by atoms with E-state index in [9.17, 15) is 21.6 Å². The van der Waals surface area contributed by atoms with E-state index in [-0.39, 0.29) is 16.0 Å². The third kappa shape index (κ3) is 4.89. The average Bonchev–Trinajstić information content (AvgIpc) is 2.88. The Balaban J connectivity index is 1.20. The van der Waals surface area contributed by atoms with Crippen molar-refractivity contribution in [2.75, 3.05) is 44.2 Å². The van der Waals surface area contributed by atoms with Crippen LogP contribution in [-0.4, -0.2) is 72.9 Å². The number of pyridine rings is 2. The molecule has 12 heteroatoms. The molecule has 2 aliphatic rings. The Morgan fingerprint density at radius 2 is 1.64 bits per heavy atom. The number of piperidine rings is 1. The molecule has 0 amide bonds. The van der Waals surface area contributed by atoms with Gasteiger partial charge in [-0.15, -0.1) is 0 Å². The van der Waals surface area contributed by atoms with Gasteiger partial charge in [0.1, 0.15) is 10.7 Å². The first-order chi connectivity index (χ1) is 17.1. The van der Waals surface area contributed by atoms with E-state index in [1.807, 2.05) is 17.0 Å². The highest BCUT2D eigenvalue weighted by Crippen LogP contribution is 2.34. The zero-order chi connectivity index (χ0) is 25.5. The van der Waals surface area contributed by atoms with Crippen molar-refractivity contribution in [2.45, 2.75) is 30.0 Å². The van der Waals surface area contributed by atoms with E-state index in [0.29, 0.717) is 63.4 Å². The largest absolute Gasteiger partial charge is 0.417 e. The van der Waals surface area contributed by atoms with Crippen LogP contribution in [0.15, 0.2) is 53.7 Å². The van der Waals surface area contributed by atoms with Crippen molar-refractivity contribution in [1.29, 1.82) is 0 Å². The van der Waals surface area contributed by atoms with Gasteiger partial charge >= 0.3 is 6.18 Å². The van der Waals surface area contributed by atoms with Crippen LogP contribution in [0.25, 0.3) is 10.9 Å². The number of aromatic nitrogens is 2. The van der Waals surface area contributed by atoms with Gasteiger partial charge in [0, 0.05) is 63.1 Å². The van der Waals surface area contributed by atoms with E-state index in [0.717, 1.165) is 17.6 Å². The molecule has 0 aliphatic carbocycles. The zero-order valence-electron chi connectivity index (χ0n) is 19.3.